The van der Waals surface area contributed by atoms with E-state index in [4.69, 9.17) is 16.6 Å². The molecule has 5 aromatic rings. The first-order chi connectivity index (χ1) is 16.2. The van der Waals surface area contributed by atoms with Crippen LogP contribution in [0.4, 0.5) is 0 Å². The molecule has 164 valence electrons. The van der Waals surface area contributed by atoms with E-state index in [1.807, 2.05) is 79.0 Å². The predicted molar refractivity (Wildman–Crippen MR) is 135 cm³/mol. The van der Waals surface area contributed by atoms with Gasteiger partial charge in [0.15, 0.2) is 5.16 Å². The lowest BCUT2D eigenvalue weighted by Gasteiger charge is -2.10. The molecule has 2 N–H and O–H groups in total. The Morgan fingerprint density at radius 3 is 2.79 bits per heavy atom. The van der Waals surface area contributed by atoms with Gasteiger partial charge in [-0.25, -0.2) is 10.4 Å². The quantitative estimate of drug-likeness (QED) is 0.187. The molecule has 1 amide bonds. The number of aromatic nitrogens is 3. The Morgan fingerprint density at radius 1 is 1.09 bits per heavy atom. The third-order valence-corrected chi connectivity index (χ3v) is 6.60. The molecule has 0 atom stereocenters. The summed E-state index contributed by atoms with van der Waals surface area (Å²) in [4.78, 5) is 20.3. The fraction of sp³-hybridized carbons (Fsp3) is 0.0800. The van der Waals surface area contributed by atoms with E-state index in [1.165, 1.54) is 11.8 Å². The van der Waals surface area contributed by atoms with Gasteiger partial charge in [-0.05, 0) is 29.8 Å². The molecule has 0 unspecified atom stereocenters. The van der Waals surface area contributed by atoms with Crippen LogP contribution in [-0.4, -0.2) is 32.4 Å². The van der Waals surface area contributed by atoms with Gasteiger partial charge in [-0.3, -0.25) is 4.79 Å². The molecule has 8 heteroatoms. The van der Waals surface area contributed by atoms with Gasteiger partial charge in [0.25, 0.3) is 5.91 Å². The Labute approximate surface area is 199 Å². The van der Waals surface area contributed by atoms with E-state index in [1.54, 1.807) is 6.21 Å². The lowest BCUT2D eigenvalue weighted by molar-refractivity contribution is -0.118. The molecule has 0 spiro atoms. The number of fused-ring (bicyclic) bond motifs is 2. The maximum atomic E-state index is 12.4. The number of para-hydroxylation sites is 3. The number of rotatable bonds is 7. The molecular formula is C25H20ClN5OS. The van der Waals surface area contributed by atoms with Gasteiger partial charge in [-0.15, -0.1) is 0 Å². The van der Waals surface area contributed by atoms with Crippen molar-refractivity contribution in [3.63, 3.8) is 0 Å². The van der Waals surface area contributed by atoms with Crippen molar-refractivity contribution in [2.45, 2.75) is 11.7 Å². The van der Waals surface area contributed by atoms with Gasteiger partial charge >= 0.3 is 0 Å². The van der Waals surface area contributed by atoms with Crippen LogP contribution in [-0.2, 0) is 11.3 Å². The Balaban J connectivity index is 1.29. The highest BCUT2D eigenvalue weighted by Crippen LogP contribution is 2.27. The maximum absolute atomic E-state index is 12.4. The number of hydrazone groups is 1. The zero-order valence-electron chi connectivity index (χ0n) is 17.5. The largest absolute Gasteiger partial charge is 0.361 e. The minimum atomic E-state index is -0.201. The molecule has 0 fully saturated rings. The zero-order chi connectivity index (χ0) is 22.6. The van der Waals surface area contributed by atoms with Gasteiger partial charge in [0.2, 0.25) is 0 Å². The van der Waals surface area contributed by atoms with Crippen LogP contribution in [0.3, 0.4) is 0 Å². The topological polar surface area (TPSA) is 75.1 Å². The van der Waals surface area contributed by atoms with Crippen molar-refractivity contribution >= 4 is 57.4 Å². The molecular weight excluding hydrogens is 454 g/mol. The highest BCUT2D eigenvalue weighted by molar-refractivity contribution is 7.99. The number of benzene rings is 3. The second-order valence-electron chi connectivity index (χ2n) is 7.43. The molecule has 0 aliphatic rings. The van der Waals surface area contributed by atoms with Gasteiger partial charge < -0.3 is 9.55 Å². The van der Waals surface area contributed by atoms with Gasteiger partial charge in [0.05, 0.1) is 29.5 Å². The summed E-state index contributed by atoms with van der Waals surface area (Å²) in [6.45, 7) is 0.572. The van der Waals surface area contributed by atoms with Crippen molar-refractivity contribution in [1.82, 2.24) is 20.0 Å². The zero-order valence-corrected chi connectivity index (χ0v) is 19.1. The molecule has 3 aromatic carbocycles. The van der Waals surface area contributed by atoms with Crippen LogP contribution in [0.5, 0.6) is 0 Å². The lowest BCUT2D eigenvalue weighted by atomic mass is 10.2. The summed E-state index contributed by atoms with van der Waals surface area (Å²) in [5, 5.41) is 6.63. The summed E-state index contributed by atoms with van der Waals surface area (Å²) in [5.74, 6) is -0.00991. The Morgan fingerprint density at radius 2 is 1.88 bits per heavy atom. The van der Waals surface area contributed by atoms with Crippen molar-refractivity contribution in [1.29, 1.82) is 0 Å². The molecule has 0 bridgehead atoms. The van der Waals surface area contributed by atoms with Crippen LogP contribution in [0, 0.1) is 0 Å². The van der Waals surface area contributed by atoms with Crippen molar-refractivity contribution in [3.05, 3.63) is 95.1 Å². The van der Waals surface area contributed by atoms with Crippen LogP contribution in [0.15, 0.2) is 89.3 Å². The van der Waals surface area contributed by atoms with E-state index >= 15 is 0 Å². The van der Waals surface area contributed by atoms with Crippen molar-refractivity contribution in [2.75, 3.05) is 5.75 Å². The second-order valence-corrected chi connectivity index (χ2v) is 8.78. The van der Waals surface area contributed by atoms with Crippen LogP contribution in [0.1, 0.15) is 11.1 Å². The standard InChI is InChI=1S/C25H20ClN5OS/c26-20-9-3-1-7-17(20)15-31-23-12-6-5-11-22(23)29-25(31)33-16-24(32)30-28-14-18-13-27-21-10-4-2-8-19(18)21/h1-14,27H,15-16H2,(H,30,32)/b28-14-. The highest BCUT2D eigenvalue weighted by atomic mass is 35.5. The molecule has 0 aliphatic carbocycles. The summed E-state index contributed by atoms with van der Waals surface area (Å²) >= 11 is 7.76. The number of H-pyrrole nitrogens is 1. The molecule has 2 aromatic heterocycles. The second kappa shape index (κ2) is 9.52. The van der Waals surface area contributed by atoms with Gasteiger partial charge in [0.1, 0.15) is 0 Å². The van der Waals surface area contributed by atoms with Crippen LogP contribution in [0.2, 0.25) is 5.02 Å². The molecule has 5 rings (SSSR count). The number of nitrogens with one attached hydrogen (secondary N) is 2. The van der Waals surface area contributed by atoms with Crippen molar-refractivity contribution < 1.29 is 4.79 Å². The number of hydrogen-bond acceptors (Lipinski definition) is 4. The monoisotopic (exact) mass is 473 g/mol. The number of carbonyl (C=O) groups is 1. The molecule has 0 radical (unpaired) electrons. The van der Waals surface area contributed by atoms with Crippen molar-refractivity contribution in [2.24, 2.45) is 5.10 Å². The Hall–Kier alpha value is -3.55. The van der Waals surface area contributed by atoms with E-state index < -0.39 is 0 Å². The van der Waals surface area contributed by atoms with E-state index in [9.17, 15) is 4.79 Å². The molecule has 2 heterocycles. The Bertz CT molecular complexity index is 1470. The smallest absolute Gasteiger partial charge is 0.250 e. The number of nitrogens with zero attached hydrogens (tertiary/aromatic N) is 3. The SMILES string of the molecule is O=C(CSc1nc2ccccc2n1Cc1ccccc1Cl)N/N=C\c1c[nH]c2ccccc12. The van der Waals surface area contributed by atoms with E-state index in [-0.39, 0.29) is 11.7 Å². The first-order valence-corrected chi connectivity index (χ1v) is 11.7. The first-order valence-electron chi connectivity index (χ1n) is 10.4. The number of halogens is 1. The minimum Gasteiger partial charge on any atom is -0.361 e. The van der Waals surface area contributed by atoms with E-state index in [0.717, 1.165) is 38.2 Å². The van der Waals surface area contributed by atoms with Crippen LogP contribution >= 0.6 is 23.4 Å². The summed E-state index contributed by atoms with van der Waals surface area (Å²) in [5.41, 5.74) is 7.42. The molecule has 33 heavy (non-hydrogen) atoms. The minimum absolute atomic E-state index is 0.192. The fourth-order valence-electron chi connectivity index (χ4n) is 3.65. The third-order valence-electron chi connectivity index (χ3n) is 5.25. The number of imidazole rings is 1. The maximum Gasteiger partial charge on any atom is 0.250 e. The average Bonchev–Trinajstić information content (AvgIpc) is 3.41. The highest BCUT2D eigenvalue weighted by Gasteiger charge is 2.14. The third kappa shape index (κ3) is 4.65. The molecule has 0 aliphatic heterocycles. The number of amides is 1. The van der Waals surface area contributed by atoms with E-state index in [0.29, 0.717) is 11.6 Å². The average molecular weight is 474 g/mol. The van der Waals surface area contributed by atoms with Crippen LogP contribution in [0.25, 0.3) is 21.9 Å². The van der Waals surface area contributed by atoms with Crippen molar-refractivity contribution in [3.8, 4) is 0 Å². The summed E-state index contributed by atoms with van der Waals surface area (Å²) in [7, 11) is 0. The fourth-order valence-corrected chi connectivity index (χ4v) is 4.65. The van der Waals surface area contributed by atoms with E-state index in [2.05, 4.69) is 20.1 Å². The van der Waals surface area contributed by atoms with Crippen LogP contribution < -0.4 is 5.43 Å². The lowest BCUT2D eigenvalue weighted by Crippen LogP contribution is -2.20. The molecule has 0 saturated carbocycles. The molecule has 0 saturated heterocycles. The Kier molecular flexibility index (Phi) is 6.15. The normalized spacial score (nSPS) is 11.5. The summed E-state index contributed by atoms with van der Waals surface area (Å²) in [6, 6.07) is 23.6. The first kappa shape index (κ1) is 21.3. The van der Waals surface area contributed by atoms with Gasteiger partial charge in [-0.2, -0.15) is 5.10 Å². The number of hydrogen-bond donors (Lipinski definition) is 2. The van der Waals surface area contributed by atoms with Gasteiger partial charge in [-0.1, -0.05) is 71.9 Å². The summed E-state index contributed by atoms with van der Waals surface area (Å²) in [6.07, 6.45) is 3.51. The number of thioether (sulfide) groups is 1. The number of carbonyl (C=O) groups excluding carboxylic acids is 1. The van der Waals surface area contributed by atoms with Gasteiger partial charge in [0, 0.05) is 27.7 Å². The molecule has 6 nitrogen and oxygen atoms in total. The summed E-state index contributed by atoms with van der Waals surface area (Å²) < 4.78 is 2.09. The number of aromatic amines is 1. The predicted octanol–water partition coefficient (Wildman–Crippen LogP) is 5.46.